The maximum atomic E-state index is 12.6. The number of nitrogens with zero attached hydrogens (tertiary/aromatic N) is 2. The van der Waals surface area contributed by atoms with Crippen molar-refractivity contribution in [2.75, 3.05) is 0 Å². The monoisotopic (exact) mass is 314 g/mol. The number of aliphatic hydroxyl groups is 1. The summed E-state index contributed by atoms with van der Waals surface area (Å²) in [6.45, 7) is 1.97. The lowest BCUT2D eigenvalue weighted by molar-refractivity contribution is -0.00592. The average Bonchev–Trinajstić information content (AvgIpc) is 3.06. The molecular weight excluding hydrogens is 292 g/mol. The minimum absolute atomic E-state index is 0.0565. The molecule has 2 aliphatic rings. The Morgan fingerprint density at radius 2 is 2.30 bits per heavy atom. The molecule has 0 bridgehead atoms. The van der Waals surface area contributed by atoms with Gasteiger partial charge in [0.2, 0.25) is 0 Å². The van der Waals surface area contributed by atoms with E-state index in [0.717, 1.165) is 29.7 Å². The fourth-order valence-electron chi connectivity index (χ4n) is 3.57. The van der Waals surface area contributed by atoms with E-state index in [1.807, 2.05) is 25.4 Å². The lowest BCUT2D eigenvalue weighted by Crippen LogP contribution is -2.56. The topological polar surface area (TPSA) is 82.9 Å². The maximum absolute atomic E-state index is 12.6. The molecule has 2 aliphatic carbocycles. The molecule has 2 aromatic rings. The standard InChI is InChI=1S/C17H22N4O2/c1-10-8-19-21(9-10)16-13(7-14(16)22)20-17(23)12-5-6-18-15(12)11-3-2-4-11/h5-6,8-9,11,13-14,16,18,22H,2-4,7H2,1H3,(H,20,23)/t13-,14+,16+/m1/s1. The predicted molar refractivity (Wildman–Crippen MR) is 85.3 cm³/mol. The second kappa shape index (κ2) is 5.53. The number of hydrogen-bond acceptors (Lipinski definition) is 3. The number of carbonyl (C=O) groups excluding carboxylic acids is 1. The third-order valence-corrected chi connectivity index (χ3v) is 5.19. The first-order valence-corrected chi connectivity index (χ1v) is 8.30. The highest BCUT2D eigenvalue weighted by molar-refractivity contribution is 5.96. The molecule has 2 aromatic heterocycles. The minimum Gasteiger partial charge on any atom is -0.391 e. The molecule has 0 unspecified atom stereocenters. The van der Waals surface area contributed by atoms with Crippen LogP contribution < -0.4 is 5.32 Å². The largest absolute Gasteiger partial charge is 0.391 e. The van der Waals surface area contributed by atoms with E-state index in [4.69, 9.17) is 0 Å². The van der Waals surface area contributed by atoms with Crippen LogP contribution in [0.5, 0.6) is 0 Å². The predicted octanol–water partition coefficient (Wildman–Crippen LogP) is 1.89. The van der Waals surface area contributed by atoms with Crippen molar-refractivity contribution >= 4 is 5.91 Å². The smallest absolute Gasteiger partial charge is 0.253 e. The SMILES string of the molecule is Cc1cnn([C@@H]2[C@@H](O)C[C@H]2NC(=O)c2cc[nH]c2C2CCC2)c1. The highest BCUT2D eigenvalue weighted by Gasteiger charge is 2.43. The van der Waals surface area contributed by atoms with Crippen LogP contribution in [0.1, 0.15) is 59.3 Å². The number of carbonyl (C=O) groups is 1. The van der Waals surface area contributed by atoms with Gasteiger partial charge in [0, 0.05) is 18.1 Å². The van der Waals surface area contributed by atoms with Gasteiger partial charge in [0.05, 0.1) is 29.9 Å². The molecule has 0 radical (unpaired) electrons. The second-order valence-electron chi connectivity index (χ2n) is 6.80. The van der Waals surface area contributed by atoms with Crippen LogP contribution in [0.25, 0.3) is 0 Å². The van der Waals surface area contributed by atoms with Crippen LogP contribution in [0.15, 0.2) is 24.7 Å². The lowest BCUT2D eigenvalue weighted by atomic mass is 9.81. The van der Waals surface area contributed by atoms with Crippen molar-refractivity contribution in [2.24, 2.45) is 0 Å². The van der Waals surface area contributed by atoms with E-state index >= 15 is 0 Å². The van der Waals surface area contributed by atoms with E-state index in [1.165, 1.54) is 6.42 Å². The van der Waals surface area contributed by atoms with Crippen molar-refractivity contribution in [2.45, 2.75) is 56.7 Å². The number of amides is 1. The minimum atomic E-state index is -0.461. The molecule has 4 rings (SSSR count). The Balaban J connectivity index is 1.47. The molecule has 3 atom stereocenters. The Morgan fingerprint density at radius 3 is 2.91 bits per heavy atom. The molecular formula is C17H22N4O2. The van der Waals surface area contributed by atoms with Gasteiger partial charge >= 0.3 is 0 Å². The van der Waals surface area contributed by atoms with E-state index in [-0.39, 0.29) is 18.0 Å². The average molecular weight is 314 g/mol. The number of H-pyrrole nitrogens is 1. The second-order valence-corrected chi connectivity index (χ2v) is 6.80. The molecule has 6 heteroatoms. The number of aromatic nitrogens is 3. The van der Waals surface area contributed by atoms with Gasteiger partial charge in [-0.25, -0.2) is 0 Å². The molecule has 2 heterocycles. The molecule has 3 N–H and O–H groups in total. The van der Waals surface area contributed by atoms with Gasteiger partial charge in [0.25, 0.3) is 5.91 Å². The number of nitrogens with one attached hydrogen (secondary N) is 2. The van der Waals surface area contributed by atoms with Crippen LogP contribution >= 0.6 is 0 Å². The van der Waals surface area contributed by atoms with Crippen LogP contribution in [0.4, 0.5) is 0 Å². The van der Waals surface area contributed by atoms with Crippen molar-refractivity contribution < 1.29 is 9.90 Å². The fraction of sp³-hybridized carbons (Fsp3) is 0.529. The summed E-state index contributed by atoms with van der Waals surface area (Å²) in [6, 6.07) is 1.59. The van der Waals surface area contributed by atoms with E-state index in [9.17, 15) is 9.90 Å². The summed E-state index contributed by atoms with van der Waals surface area (Å²) in [7, 11) is 0. The molecule has 0 aliphatic heterocycles. The van der Waals surface area contributed by atoms with Gasteiger partial charge in [-0.2, -0.15) is 5.10 Å². The summed E-state index contributed by atoms with van der Waals surface area (Å²) in [4.78, 5) is 15.8. The first-order valence-electron chi connectivity index (χ1n) is 8.30. The van der Waals surface area contributed by atoms with Crippen molar-refractivity contribution in [3.63, 3.8) is 0 Å². The first-order chi connectivity index (χ1) is 11.1. The zero-order chi connectivity index (χ0) is 16.0. The van der Waals surface area contributed by atoms with Crippen LogP contribution in [-0.2, 0) is 0 Å². The molecule has 2 saturated carbocycles. The number of rotatable bonds is 4. The number of aromatic amines is 1. The molecule has 0 saturated heterocycles. The molecule has 1 amide bonds. The highest BCUT2D eigenvalue weighted by Crippen LogP contribution is 2.37. The maximum Gasteiger partial charge on any atom is 0.253 e. The lowest BCUT2D eigenvalue weighted by Gasteiger charge is -2.41. The number of hydrogen-bond donors (Lipinski definition) is 3. The molecule has 0 spiro atoms. The van der Waals surface area contributed by atoms with Crippen LogP contribution in [0.3, 0.4) is 0 Å². The summed E-state index contributed by atoms with van der Waals surface area (Å²) in [5.74, 6) is 0.432. The quantitative estimate of drug-likeness (QED) is 0.806. The zero-order valence-corrected chi connectivity index (χ0v) is 13.2. The van der Waals surface area contributed by atoms with Crippen LogP contribution in [0, 0.1) is 6.92 Å². The summed E-state index contributed by atoms with van der Waals surface area (Å²) in [5, 5.41) is 17.4. The summed E-state index contributed by atoms with van der Waals surface area (Å²) < 4.78 is 1.76. The Morgan fingerprint density at radius 1 is 1.48 bits per heavy atom. The van der Waals surface area contributed by atoms with Gasteiger partial charge < -0.3 is 15.4 Å². The van der Waals surface area contributed by atoms with Crippen molar-refractivity contribution in [3.05, 3.63) is 41.5 Å². The van der Waals surface area contributed by atoms with Crippen molar-refractivity contribution in [1.29, 1.82) is 0 Å². The number of aryl methyl sites for hydroxylation is 1. The fourth-order valence-corrected chi connectivity index (χ4v) is 3.57. The van der Waals surface area contributed by atoms with Gasteiger partial charge in [0.15, 0.2) is 0 Å². The Labute approximate surface area is 134 Å². The van der Waals surface area contributed by atoms with E-state index in [2.05, 4.69) is 15.4 Å². The van der Waals surface area contributed by atoms with Gasteiger partial charge in [-0.1, -0.05) is 6.42 Å². The Bertz CT molecular complexity index is 716. The van der Waals surface area contributed by atoms with Crippen molar-refractivity contribution in [1.82, 2.24) is 20.1 Å². The number of aliphatic hydroxyl groups excluding tert-OH is 1. The summed E-state index contributed by atoms with van der Waals surface area (Å²) in [5.41, 5.74) is 2.85. The van der Waals surface area contributed by atoms with Gasteiger partial charge in [-0.05, 0) is 43.7 Å². The van der Waals surface area contributed by atoms with E-state index in [1.54, 1.807) is 10.9 Å². The van der Waals surface area contributed by atoms with Crippen LogP contribution in [-0.4, -0.2) is 37.9 Å². The third kappa shape index (κ3) is 2.47. The molecule has 6 nitrogen and oxygen atoms in total. The first kappa shape index (κ1) is 14.5. The Hall–Kier alpha value is -2.08. The molecule has 122 valence electrons. The van der Waals surface area contributed by atoms with Crippen LogP contribution in [0.2, 0.25) is 0 Å². The Kier molecular flexibility index (Phi) is 3.49. The molecule has 23 heavy (non-hydrogen) atoms. The van der Waals surface area contributed by atoms with Crippen molar-refractivity contribution in [3.8, 4) is 0 Å². The van der Waals surface area contributed by atoms with E-state index < -0.39 is 6.10 Å². The highest BCUT2D eigenvalue weighted by atomic mass is 16.3. The summed E-state index contributed by atoms with van der Waals surface area (Å²) >= 11 is 0. The normalized spacial score (nSPS) is 27.3. The third-order valence-electron chi connectivity index (χ3n) is 5.19. The summed E-state index contributed by atoms with van der Waals surface area (Å²) in [6.07, 6.45) is 9.16. The van der Waals surface area contributed by atoms with E-state index in [0.29, 0.717) is 12.3 Å². The zero-order valence-electron chi connectivity index (χ0n) is 13.2. The molecule has 0 aromatic carbocycles. The van der Waals surface area contributed by atoms with Gasteiger partial charge in [-0.15, -0.1) is 0 Å². The molecule has 2 fully saturated rings. The van der Waals surface area contributed by atoms with Gasteiger partial charge in [0.1, 0.15) is 0 Å². The van der Waals surface area contributed by atoms with Gasteiger partial charge in [-0.3, -0.25) is 9.48 Å².